The van der Waals surface area contributed by atoms with Crippen LogP contribution in [0, 0.1) is 6.92 Å². The molecule has 0 spiro atoms. The highest BCUT2D eigenvalue weighted by Crippen LogP contribution is 2.19. The van der Waals surface area contributed by atoms with Crippen molar-refractivity contribution in [2.75, 3.05) is 6.54 Å². The van der Waals surface area contributed by atoms with Crippen molar-refractivity contribution in [1.29, 1.82) is 0 Å². The zero-order chi connectivity index (χ0) is 18.7. The highest BCUT2D eigenvalue weighted by atomic mass is 32.2. The van der Waals surface area contributed by atoms with Crippen molar-refractivity contribution in [1.82, 2.24) is 9.62 Å². The second-order valence-electron chi connectivity index (χ2n) is 6.86. The van der Waals surface area contributed by atoms with Crippen LogP contribution < -0.4 is 4.72 Å². The normalized spacial score (nSPS) is 15.4. The van der Waals surface area contributed by atoms with Gasteiger partial charge in [0.25, 0.3) is 0 Å². The van der Waals surface area contributed by atoms with Crippen LogP contribution in [0.2, 0.25) is 0 Å². The van der Waals surface area contributed by atoms with Gasteiger partial charge in [-0.2, -0.15) is 0 Å². The van der Waals surface area contributed by atoms with Crippen LogP contribution in [-0.4, -0.2) is 31.8 Å². The van der Waals surface area contributed by atoms with Gasteiger partial charge in [-0.3, -0.25) is 4.79 Å². The summed E-state index contributed by atoms with van der Waals surface area (Å²) in [6.45, 7) is 4.70. The molecule has 2 aromatic rings. The van der Waals surface area contributed by atoms with Crippen LogP contribution in [0.15, 0.2) is 48.5 Å². The average molecular weight is 372 g/mol. The Morgan fingerprint density at radius 1 is 1.12 bits per heavy atom. The Morgan fingerprint density at radius 2 is 1.77 bits per heavy atom. The molecule has 5 nitrogen and oxygen atoms in total. The lowest BCUT2D eigenvalue weighted by molar-refractivity contribution is -0.133. The minimum Gasteiger partial charge on any atom is -0.337 e. The summed E-state index contributed by atoms with van der Waals surface area (Å²) in [5.74, 6) is -0.319. The molecule has 6 heteroatoms. The summed E-state index contributed by atoms with van der Waals surface area (Å²) in [6.07, 6.45) is 0.796. The van der Waals surface area contributed by atoms with Gasteiger partial charge < -0.3 is 4.90 Å². The lowest BCUT2D eigenvalue weighted by Crippen LogP contribution is -2.48. The lowest BCUT2D eigenvalue weighted by Gasteiger charge is -2.31. The summed E-state index contributed by atoms with van der Waals surface area (Å²) in [6, 6.07) is 14.6. The Balaban J connectivity index is 1.62. The molecule has 1 amide bonds. The van der Waals surface area contributed by atoms with Crippen molar-refractivity contribution in [2.24, 2.45) is 0 Å². The predicted octanol–water partition coefficient (Wildman–Crippen LogP) is 2.39. The molecule has 0 fully saturated rings. The van der Waals surface area contributed by atoms with Crippen LogP contribution in [0.1, 0.15) is 29.2 Å². The van der Waals surface area contributed by atoms with Crippen molar-refractivity contribution >= 4 is 15.9 Å². The first kappa shape index (κ1) is 18.6. The Labute approximate surface area is 155 Å². The number of sulfonamides is 1. The molecule has 26 heavy (non-hydrogen) atoms. The number of fused-ring (bicyclic) bond motifs is 1. The van der Waals surface area contributed by atoms with Gasteiger partial charge in [-0.25, -0.2) is 13.1 Å². The molecule has 1 N–H and O–H groups in total. The molecule has 0 aromatic heterocycles. The van der Waals surface area contributed by atoms with Crippen LogP contribution in [0.25, 0.3) is 0 Å². The number of carbonyl (C=O) groups is 1. The van der Waals surface area contributed by atoms with Gasteiger partial charge in [-0.1, -0.05) is 54.1 Å². The van der Waals surface area contributed by atoms with Gasteiger partial charge in [0.1, 0.15) is 0 Å². The lowest BCUT2D eigenvalue weighted by atomic mass is 9.99. The summed E-state index contributed by atoms with van der Waals surface area (Å²) >= 11 is 0. The second-order valence-corrected chi connectivity index (χ2v) is 8.62. The van der Waals surface area contributed by atoms with Gasteiger partial charge in [0, 0.05) is 13.1 Å². The van der Waals surface area contributed by atoms with Gasteiger partial charge in [0.05, 0.1) is 11.8 Å². The molecule has 1 atom stereocenters. The summed E-state index contributed by atoms with van der Waals surface area (Å²) in [5, 5.41) is 0. The number of nitrogens with zero attached hydrogens (tertiary/aromatic N) is 1. The molecular formula is C20H24N2O3S. The molecule has 1 aliphatic rings. The molecule has 0 aliphatic carbocycles. The first-order chi connectivity index (χ1) is 12.3. The second kappa shape index (κ2) is 7.60. The van der Waals surface area contributed by atoms with E-state index in [0.717, 1.165) is 17.5 Å². The number of hydrogen-bond donors (Lipinski definition) is 1. The highest BCUT2D eigenvalue weighted by Gasteiger charge is 2.27. The van der Waals surface area contributed by atoms with Gasteiger partial charge >= 0.3 is 0 Å². The predicted molar refractivity (Wildman–Crippen MR) is 102 cm³/mol. The molecule has 2 aromatic carbocycles. The fourth-order valence-electron chi connectivity index (χ4n) is 3.22. The summed E-state index contributed by atoms with van der Waals surface area (Å²) in [4.78, 5) is 14.4. The first-order valence-corrected chi connectivity index (χ1v) is 10.4. The molecule has 138 valence electrons. The van der Waals surface area contributed by atoms with Crippen molar-refractivity contribution < 1.29 is 13.2 Å². The van der Waals surface area contributed by atoms with Gasteiger partial charge in [-0.05, 0) is 37.0 Å². The van der Waals surface area contributed by atoms with Crippen LogP contribution in [0.5, 0.6) is 0 Å². The third-order valence-electron chi connectivity index (χ3n) is 4.65. The molecule has 0 bridgehead atoms. The van der Waals surface area contributed by atoms with Gasteiger partial charge in [0.2, 0.25) is 15.9 Å². The number of benzene rings is 2. The van der Waals surface area contributed by atoms with E-state index in [9.17, 15) is 13.2 Å². The first-order valence-electron chi connectivity index (χ1n) is 8.75. The van der Waals surface area contributed by atoms with Crippen LogP contribution in [0.4, 0.5) is 0 Å². The van der Waals surface area contributed by atoms with Gasteiger partial charge in [-0.15, -0.1) is 0 Å². The van der Waals surface area contributed by atoms with Crippen LogP contribution in [-0.2, 0) is 33.5 Å². The maximum absolute atomic E-state index is 12.7. The Hall–Kier alpha value is -2.18. The quantitative estimate of drug-likeness (QED) is 0.876. The summed E-state index contributed by atoms with van der Waals surface area (Å²) < 4.78 is 27.3. The van der Waals surface area contributed by atoms with E-state index in [-0.39, 0.29) is 11.7 Å². The molecule has 0 radical (unpaired) electrons. The summed E-state index contributed by atoms with van der Waals surface area (Å²) in [5.41, 5.74) is 4.16. The number of hydrogen-bond acceptors (Lipinski definition) is 3. The van der Waals surface area contributed by atoms with E-state index in [2.05, 4.69) is 10.8 Å². The Morgan fingerprint density at radius 3 is 2.46 bits per heavy atom. The fraction of sp³-hybridized carbons (Fsp3) is 0.350. The maximum Gasteiger partial charge on any atom is 0.240 e. The van der Waals surface area contributed by atoms with Crippen molar-refractivity contribution in [2.45, 2.75) is 38.6 Å². The van der Waals surface area contributed by atoms with Crippen LogP contribution >= 0.6 is 0 Å². The number of carbonyl (C=O) groups excluding carboxylic acids is 1. The Kier molecular flexibility index (Phi) is 5.44. The topological polar surface area (TPSA) is 66.5 Å². The van der Waals surface area contributed by atoms with E-state index in [1.54, 1.807) is 24.0 Å². The molecular weight excluding hydrogens is 348 g/mol. The molecule has 0 saturated heterocycles. The Bertz CT molecular complexity index is 892. The summed E-state index contributed by atoms with van der Waals surface area (Å²) in [7, 11) is -3.59. The van der Waals surface area contributed by atoms with Crippen molar-refractivity contribution in [3.8, 4) is 0 Å². The number of aryl methyl sites for hydroxylation is 1. The van der Waals surface area contributed by atoms with Crippen LogP contribution in [0.3, 0.4) is 0 Å². The molecule has 3 rings (SSSR count). The number of nitrogens with one attached hydrogen (secondary N) is 1. The van der Waals surface area contributed by atoms with E-state index in [0.29, 0.717) is 18.7 Å². The maximum atomic E-state index is 12.7. The third-order valence-corrected chi connectivity index (χ3v) is 6.07. The molecule has 1 aliphatic heterocycles. The zero-order valence-corrected chi connectivity index (χ0v) is 15.9. The van der Waals surface area contributed by atoms with E-state index < -0.39 is 16.1 Å². The fourth-order valence-corrected chi connectivity index (χ4v) is 4.58. The van der Waals surface area contributed by atoms with E-state index >= 15 is 0 Å². The van der Waals surface area contributed by atoms with E-state index in [1.807, 2.05) is 37.3 Å². The third kappa shape index (κ3) is 4.51. The largest absolute Gasteiger partial charge is 0.337 e. The average Bonchev–Trinajstić information content (AvgIpc) is 2.62. The minimum atomic E-state index is -3.59. The smallest absolute Gasteiger partial charge is 0.240 e. The minimum absolute atomic E-state index is 0.131. The van der Waals surface area contributed by atoms with E-state index in [4.69, 9.17) is 0 Å². The van der Waals surface area contributed by atoms with Gasteiger partial charge in [0.15, 0.2) is 0 Å². The number of rotatable bonds is 5. The SMILES string of the molecule is Cc1ccc(CS(=O)(=O)N[C@@H](C)C(=O)N2CCc3ccccc3C2)cc1. The number of amides is 1. The highest BCUT2D eigenvalue weighted by molar-refractivity contribution is 7.88. The molecule has 0 saturated carbocycles. The van der Waals surface area contributed by atoms with Crippen molar-refractivity contribution in [3.63, 3.8) is 0 Å². The zero-order valence-electron chi connectivity index (χ0n) is 15.1. The monoisotopic (exact) mass is 372 g/mol. The standard InChI is InChI=1S/C20H24N2O3S/c1-15-7-9-17(10-8-15)14-26(24,25)21-16(2)20(23)22-12-11-18-5-3-4-6-19(18)13-22/h3-10,16,21H,11-14H2,1-2H3/t16-/m0/s1. The molecule has 1 heterocycles. The van der Waals surface area contributed by atoms with E-state index in [1.165, 1.54) is 5.56 Å². The van der Waals surface area contributed by atoms with Crippen molar-refractivity contribution in [3.05, 3.63) is 70.8 Å². The molecule has 0 unspecified atom stereocenters.